The van der Waals surface area contributed by atoms with Gasteiger partial charge >= 0.3 is 0 Å². The van der Waals surface area contributed by atoms with Crippen LogP contribution in [0, 0.1) is 0 Å². The molecule has 0 radical (unpaired) electrons. The normalized spacial score (nSPS) is 12.7. The summed E-state index contributed by atoms with van der Waals surface area (Å²) in [6.45, 7) is 5.89. The highest BCUT2D eigenvalue weighted by molar-refractivity contribution is 5.33. The van der Waals surface area contributed by atoms with Gasteiger partial charge < -0.3 is 20.5 Å². The number of aliphatic hydroxyl groups excluding tert-OH is 1. The molecule has 4 heteroatoms. The monoisotopic (exact) mass is 266 g/mol. The van der Waals surface area contributed by atoms with Crippen LogP contribution in [0.25, 0.3) is 0 Å². The van der Waals surface area contributed by atoms with Crippen molar-refractivity contribution in [2.45, 2.75) is 32.4 Å². The van der Waals surface area contributed by atoms with Crippen molar-refractivity contribution >= 4 is 0 Å². The quantitative estimate of drug-likeness (QED) is 0.628. The van der Waals surface area contributed by atoms with Gasteiger partial charge in [0, 0.05) is 12.6 Å². The summed E-state index contributed by atoms with van der Waals surface area (Å²) in [5, 5.41) is 16.1. The van der Waals surface area contributed by atoms with E-state index in [0.717, 1.165) is 18.7 Å². The zero-order valence-corrected chi connectivity index (χ0v) is 12.1. The topological polar surface area (TPSA) is 53.5 Å². The summed E-state index contributed by atoms with van der Waals surface area (Å²) in [5.74, 6) is 0.862. The summed E-state index contributed by atoms with van der Waals surface area (Å²) in [6, 6.07) is 8.35. The van der Waals surface area contributed by atoms with Crippen LogP contribution in [-0.4, -0.2) is 44.0 Å². The molecule has 1 rings (SSSR count). The van der Waals surface area contributed by atoms with E-state index < -0.39 is 6.10 Å². The highest BCUT2D eigenvalue weighted by Gasteiger charge is 2.08. The van der Waals surface area contributed by atoms with Gasteiger partial charge in [0.05, 0.1) is 0 Å². The molecule has 0 aliphatic rings. The molecular formula is C15H26N2O2. The molecule has 0 fully saturated rings. The van der Waals surface area contributed by atoms with Crippen molar-refractivity contribution in [3.05, 3.63) is 29.8 Å². The average molecular weight is 266 g/mol. The molecule has 3 N–H and O–H groups in total. The van der Waals surface area contributed by atoms with Crippen LogP contribution in [0.1, 0.15) is 19.4 Å². The Morgan fingerprint density at radius 3 is 2.68 bits per heavy atom. The van der Waals surface area contributed by atoms with Crippen LogP contribution in [0.15, 0.2) is 24.3 Å². The zero-order chi connectivity index (χ0) is 14.1. The first-order valence-corrected chi connectivity index (χ1v) is 6.90. The number of nitrogens with one attached hydrogen (secondary N) is 2. The van der Waals surface area contributed by atoms with E-state index in [1.807, 2.05) is 25.2 Å². The Balaban J connectivity index is 2.43. The SMILES string of the molecule is CNCCc1ccccc1OCC(O)CNC(C)C. The van der Waals surface area contributed by atoms with Gasteiger partial charge in [0.25, 0.3) is 0 Å². The molecule has 0 amide bonds. The number of para-hydroxylation sites is 1. The second-order valence-electron chi connectivity index (χ2n) is 4.99. The molecule has 0 bridgehead atoms. The molecule has 19 heavy (non-hydrogen) atoms. The maximum absolute atomic E-state index is 9.83. The minimum atomic E-state index is -0.486. The van der Waals surface area contributed by atoms with Crippen molar-refractivity contribution in [3.63, 3.8) is 0 Å². The Hall–Kier alpha value is -1.10. The van der Waals surface area contributed by atoms with E-state index >= 15 is 0 Å². The number of aliphatic hydroxyl groups is 1. The van der Waals surface area contributed by atoms with Gasteiger partial charge in [0.1, 0.15) is 18.5 Å². The van der Waals surface area contributed by atoms with E-state index in [4.69, 9.17) is 4.74 Å². The lowest BCUT2D eigenvalue weighted by Gasteiger charge is -2.16. The van der Waals surface area contributed by atoms with Gasteiger partial charge in [-0.1, -0.05) is 32.0 Å². The van der Waals surface area contributed by atoms with E-state index in [9.17, 15) is 5.11 Å². The number of benzene rings is 1. The van der Waals surface area contributed by atoms with Crippen LogP contribution < -0.4 is 15.4 Å². The molecule has 1 unspecified atom stereocenters. The summed E-state index contributed by atoms with van der Waals surface area (Å²) < 4.78 is 5.71. The second kappa shape index (κ2) is 8.91. The summed E-state index contributed by atoms with van der Waals surface area (Å²) in [4.78, 5) is 0. The molecule has 108 valence electrons. The van der Waals surface area contributed by atoms with Crippen molar-refractivity contribution in [2.75, 3.05) is 26.7 Å². The van der Waals surface area contributed by atoms with Crippen molar-refractivity contribution < 1.29 is 9.84 Å². The number of hydrogen-bond donors (Lipinski definition) is 3. The largest absolute Gasteiger partial charge is 0.491 e. The Kier molecular flexibility index (Phi) is 7.48. The van der Waals surface area contributed by atoms with E-state index in [1.165, 1.54) is 5.56 Å². The third-order valence-corrected chi connectivity index (χ3v) is 2.81. The van der Waals surface area contributed by atoms with E-state index in [1.54, 1.807) is 0 Å². The van der Waals surface area contributed by atoms with Gasteiger partial charge in [-0.25, -0.2) is 0 Å². The van der Waals surface area contributed by atoms with Crippen LogP contribution in [0.3, 0.4) is 0 Å². The molecule has 1 aromatic carbocycles. The summed E-state index contributed by atoms with van der Waals surface area (Å²) in [7, 11) is 1.94. The standard InChI is InChI=1S/C15H26N2O2/c1-12(2)17-10-14(18)11-19-15-7-5-4-6-13(15)8-9-16-3/h4-7,12,14,16-18H,8-11H2,1-3H3. The Bertz CT molecular complexity index is 356. The summed E-state index contributed by atoms with van der Waals surface area (Å²) in [6.07, 6.45) is 0.437. The first-order chi connectivity index (χ1) is 9.13. The molecule has 1 aromatic rings. The molecule has 0 heterocycles. The first-order valence-electron chi connectivity index (χ1n) is 6.90. The number of rotatable bonds is 9. The predicted octanol–water partition coefficient (Wildman–Crippen LogP) is 1.19. The molecule has 0 aliphatic carbocycles. The lowest BCUT2D eigenvalue weighted by molar-refractivity contribution is 0.104. The van der Waals surface area contributed by atoms with Gasteiger partial charge in [-0.2, -0.15) is 0 Å². The van der Waals surface area contributed by atoms with Gasteiger partial charge in [-0.05, 0) is 31.6 Å². The molecule has 0 aromatic heterocycles. The third kappa shape index (κ3) is 6.57. The van der Waals surface area contributed by atoms with Crippen molar-refractivity contribution in [3.8, 4) is 5.75 Å². The minimum absolute atomic E-state index is 0.316. The van der Waals surface area contributed by atoms with Crippen LogP contribution >= 0.6 is 0 Å². The highest BCUT2D eigenvalue weighted by Crippen LogP contribution is 2.18. The van der Waals surface area contributed by atoms with Gasteiger partial charge in [0.2, 0.25) is 0 Å². The third-order valence-electron chi connectivity index (χ3n) is 2.81. The Morgan fingerprint density at radius 1 is 1.26 bits per heavy atom. The van der Waals surface area contributed by atoms with Crippen LogP contribution in [0.2, 0.25) is 0 Å². The average Bonchev–Trinajstić information content (AvgIpc) is 2.41. The van der Waals surface area contributed by atoms with Crippen molar-refractivity contribution in [1.29, 1.82) is 0 Å². The van der Waals surface area contributed by atoms with Crippen molar-refractivity contribution in [2.24, 2.45) is 0 Å². The number of ether oxygens (including phenoxy) is 1. The molecule has 0 saturated heterocycles. The smallest absolute Gasteiger partial charge is 0.122 e. The Morgan fingerprint density at radius 2 is 2.00 bits per heavy atom. The molecule has 0 aliphatic heterocycles. The van der Waals surface area contributed by atoms with Crippen LogP contribution in [-0.2, 0) is 6.42 Å². The van der Waals surface area contributed by atoms with Crippen molar-refractivity contribution in [1.82, 2.24) is 10.6 Å². The molecule has 0 saturated carbocycles. The molecule has 4 nitrogen and oxygen atoms in total. The number of likely N-dealkylation sites (N-methyl/N-ethyl adjacent to an activating group) is 1. The Labute approximate surface area is 116 Å². The fourth-order valence-corrected chi connectivity index (χ4v) is 1.73. The lowest BCUT2D eigenvalue weighted by atomic mass is 10.1. The predicted molar refractivity (Wildman–Crippen MR) is 78.7 cm³/mol. The zero-order valence-electron chi connectivity index (χ0n) is 12.1. The maximum Gasteiger partial charge on any atom is 0.122 e. The molecule has 0 spiro atoms. The maximum atomic E-state index is 9.83. The van der Waals surface area contributed by atoms with E-state index in [0.29, 0.717) is 19.2 Å². The highest BCUT2D eigenvalue weighted by atomic mass is 16.5. The summed E-state index contributed by atoms with van der Waals surface area (Å²) >= 11 is 0. The van der Waals surface area contributed by atoms with E-state index in [2.05, 4.69) is 30.5 Å². The second-order valence-corrected chi connectivity index (χ2v) is 4.99. The molecular weight excluding hydrogens is 240 g/mol. The first kappa shape index (κ1) is 16.0. The van der Waals surface area contributed by atoms with Gasteiger partial charge in [-0.3, -0.25) is 0 Å². The number of hydrogen-bond acceptors (Lipinski definition) is 4. The van der Waals surface area contributed by atoms with Crippen LogP contribution in [0.4, 0.5) is 0 Å². The van der Waals surface area contributed by atoms with E-state index in [-0.39, 0.29) is 0 Å². The minimum Gasteiger partial charge on any atom is -0.491 e. The van der Waals surface area contributed by atoms with Crippen LogP contribution in [0.5, 0.6) is 5.75 Å². The fraction of sp³-hybridized carbons (Fsp3) is 0.600. The fourth-order valence-electron chi connectivity index (χ4n) is 1.73. The summed E-state index contributed by atoms with van der Waals surface area (Å²) in [5.41, 5.74) is 1.17. The molecule has 1 atom stereocenters. The van der Waals surface area contributed by atoms with Gasteiger partial charge in [0.15, 0.2) is 0 Å². The van der Waals surface area contributed by atoms with Gasteiger partial charge in [-0.15, -0.1) is 0 Å². The lowest BCUT2D eigenvalue weighted by Crippen LogP contribution is -2.35.